The van der Waals surface area contributed by atoms with Gasteiger partial charge in [-0.3, -0.25) is 19.8 Å². The summed E-state index contributed by atoms with van der Waals surface area (Å²) >= 11 is 0. The van der Waals surface area contributed by atoms with Gasteiger partial charge in [0.25, 0.3) is 5.69 Å². The number of anilines is 1. The van der Waals surface area contributed by atoms with E-state index in [4.69, 9.17) is 4.74 Å². The standard InChI is InChI=1S/C18H21N3O4/c1-3-20(12-14-7-4-5-10-17(14)21(23)24)13-18(22)19-15-8-6-9-16(11-15)25-2/h4-11H,3,12-13H2,1-2H3,(H,19,22). The Balaban J connectivity index is 2.01. The quantitative estimate of drug-likeness (QED) is 0.588. The number of hydrogen-bond donors (Lipinski definition) is 1. The number of nitrogens with zero attached hydrogens (tertiary/aromatic N) is 2. The normalized spacial score (nSPS) is 10.5. The lowest BCUT2D eigenvalue weighted by Crippen LogP contribution is -2.32. The van der Waals surface area contributed by atoms with Crippen molar-refractivity contribution < 1.29 is 14.5 Å². The second kappa shape index (κ2) is 8.79. The van der Waals surface area contributed by atoms with Crippen LogP contribution >= 0.6 is 0 Å². The number of rotatable bonds is 8. The molecule has 0 unspecified atom stereocenters. The van der Waals surface area contributed by atoms with Crippen molar-refractivity contribution in [1.29, 1.82) is 0 Å². The summed E-state index contributed by atoms with van der Waals surface area (Å²) in [5, 5.41) is 13.9. The van der Waals surface area contributed by atoms with Crippen LogP contribution in [0.5, 0.6) is 5.75 Å². The SMILES string of the molecule is CCN(CC(=O)Nc1cccc(OC)c1)Cc1ccccc1[N+](=O)[O-]. The van der Waals surface area contributed by atoms with Crippen molar-refractivity contribution in [3.8, 4) is 5.75 Å². The van der Waals surface area contributed by atoms with E-state index < -0.39 is 4.92 Å². The van der Waals surface area contributed by atoms with Gasteiger partial charge in [-0.25, -0.2) is 0 Å². The molecule has 7 nitrogen and oxygen atoms in total. The van der Waals surface area contributed by atoms with E-state index >= 15 is 0 Å². The summed E-state index contributed by atoms with van der Waals surface area (Å²) in [4.78, 5) is 24.8. The van der Waals surface area contributed by atoms with E-state index in [2.05, 4.69) is 5.32 Å². The predicted octanol–water partition coefficient (Wildman–Crippen LogP) is 3.06. The highest BCUT2D eigenvalue weighted by atomic mass is 16.6. The predicted molar refractivity (Wildman–Crippen MR) is 95.7 cm³/mol. The second-order valence-electron chi connectivity index (χ2n) is 5.47. The number of ether oxygens (including phenoxy) is 1. The number of nitro groups is 1. The summed E-state index contributed by atoms with van der Waals surface area (Å²) in [7, 11) is 1.56. The Kier molecular flexibility index (Phi) is 6.47. The molecule has 0 aromatic heterocycles. The molecular formula is C18H21N3O4. The van der Waals surface area contributed by atoms with Crippen LogP contribution in [0.3, 0.4) is 0 Å². The van der Waals surface area contributed by atoms with Gasteiger partial charge in [0, 0.05) is 29.9 Å². The van der Waals surface area contributed by atoms with E-state index in [1.165, 1.54) is 6.07 Å². The summed E-state index contributed by atoms with van der Waals surface area (Å²) in [6, 6.07) is 13.7. The Hall–Kier alpha value is -2.93. The highest BCUT2D eigenvalue weighted by molar-refractivity contribution is 5.92. The fourth-order valence-corrected chi connectivity index (χ4v) is 2.45. The Morgan fingerprint density at radius 1 is 1.24 bits per heavy atom. The van der Waals surface area contributed by atoms with E-state index in [1.807, 2.05) is 11.8 Å². The number of hydrogen-bond acceptors (Lipinski definition) is 5. The van der Waals surface area contributed by atoms with Crippen LogP contribution in [0, 0.1) is 10.1 Å². The van der Waals surface area contributed by atoms with Gasteiger partial charge in [0.05, 0.1) is 18.6 Å². The third kappa shape index (κ3) is 5.29. The lowest BCUT2D eigenvalue weighted by molar-refractivity contribution is -0.385. The van der Waals surface area contributed by atoms with Gasteiger partial charge in [0.15, 0.2) is 0 Å². The van der Waals surface area contributed by atoms with Crippen molar-refractivity contribution in [3.05, 3.63) is 64.2 Å². The molecule has 2 aromatic carbocycles. The Morgan fingerprint density at radius 2 is 2.00 bits per heavy atom. The zero-order chi connectivity index (χ0) is 18.2. The summed E-state index contributed by atoms with van der Waals surface area (Å²) < 4.78 is 5.13. The van der Waals surface area contributed by atoms with E-state index in [0.717, 1.165) is 0 Å². The molecule has 0 atom stereocenters. The molecule has 0 spiro atoms. The molecule has 0 aliphatic carbocycles. The van der Waals surface area contributed by atoms with Crippen molar-refractivity contribution in [1.82, 2.24) is 4.90 Å². The zero-order valence-corrected chi connectivity index (χ0v) is 14.3. The van der Waals surface area contributed by atoms with Gasteiger partial charge in [-0.05, 0) is 18.7 Å². The molecule has 1 N–H and O–H groups in total. The average Bonchev–Trinajstić information content (AvgIpc) is 2.61. The number of nitrogens with one attached hydrogen (secondary N) is 1. The first-order chi connectivity index (χ1) is 12.0. The first-order valence-corrected chi connectivity index (χ1v) is 7.92. The monoisotopic (exact) mass is 343 g/mol. The molecule has 1 amide bonds. The maximum Gasteiger partial charge on any atom is 0.273 e. The number of methoxy groups -OCH3 is 1. The molecule has 2 aromatic rings. The third-order valence-corrected chi connectivity index (χ3v) is 3.75. The molecule has 0 aliphatic heterocycles. The van der Waals surface area contributed by atoms with Crippen LogP contribution in [0.15, 0.2) is 48.5 Å². The number of carbonyl (C=O) groups is 1. The number of likely N-dealkylation sites (N-methyl/N-ethyl adjacent to an activating group) is 1. The molecule has 0 heterocycles. The van der Waals surface area contributed by atoms with Gasteiger partial charge in [0.2, 0.25) is 5.91 Å². The fraction of sp³-hybridized carbons (Fsp3) is 0.278. The Bertz CT molecular complexity index is 749. The highest BCUT2D eigenvalue weighted by Crippen LogP contribution is 2.20. The molecule has 0 bridgehead atoms. The minimum absolute atomic E-state index is 0.0640. The second-order valence-corrected chi connectivity index (χ2v) is 5.47. The van der Waals surface area contributed by atoms with Gasteiger partial charge in [-0.1, -0.05) is 31.2 Å². The lowest BCUT2D eigenvalue weighted by Gasteiger charge is -2.20. The number of carbonyl (C=O) groups excluding carboxylic acids is 1. The summed E-state index contributed by atoms with van der Waals surface area (Å²) in [5.41, 5.74) is 1.30. The summed E-state index contributed by atoms with van der Waals surface area (Å²) in [5.74, 6) is 0.471. The van der Waals surface area contributed by atoms with Crippen LogP contribution in [0.2, 0.25) is 0 Å². The minimum Gasteiger partial charge on any atom is -0.497 e. The molecule has 2 rings (SSSR count). The molecule has 7 heteroatoms. The van der Waals surface area contributed by atoms with Gasteiger partial charge in [-0.15, -0.1) is 0 Å². The van der Waals surface area contributed by atoms with Crippen molar-refractivity contribution >= 4 is 17.3 Å². The minimum atomic E-state index is -0.403. The first-order valence-electron chi connectivity index (χ1n) is 7.92. The lowest BCUT2D eigenvalue weighted by atomic mass is 10.1. The van der Waals surface area contributed by atoms with Gasteiger partial charge < -0.3 is 10.1 Å². The van der Waals surface area contributed by atoms with Crippen molar-refractivity contribution in [2.45, 2.75) is 13.5 Å². The van der Waals surface area contributed by atoms with Gasteiger partial charge in [-0.2, -0.15) is 0 Å². The Labute approximate surface area is 146 Å². The van der Waals surface area contributed by atoms with Crippen LogP contribution in [0.4, 0.5) is 11.4 Å². The molecular weight excluding hydrogens is 322 g/mol. The van der Waals surface area contributed by atoms with Crippen molar-refractivity contribution in [3.63, 3.8) is 0 Å². The zero-order valence-electron chi connectivity index (χ0n) is 14.3. The number of nitro benzene ring substituents is 1. The topological polar surface area (TPSA) is 84.7 Å². The molecule has 0 aliphatic rings. The van der Waals surface area contributed by atoms with Crippen LogP contribution in [0.1, 0.15) is 12.5 Å². The smallest absolute Gasteiger partial charge is 0.273 e. The molecule has 0 radical (unpaired) electrons. The molecule has 0 fully saturated rings. The van der Waals surface area contributed by atoms with Crippen LogP contribution < -0.4 is 10.1 Å². The number of amides is 1. The van der Waals surface area contributed by atoms with E-state index in [9.17, 15) is 14.9 Å². The van der Waals surface area contributed by atoms with Crippen LogP contribution in [-0.4, -0.2) is 35.9 Å². The maximum absolute atomic E-state index is 12.3. The third-order valence-electron chi connectivity index (χ3n) is 3.75. The molecule has 0 saturated carbocycles. The van der Waals surface area contributed by atoms with Crippen LogP contribution in [-0.2, 0) is 11.3 Å². The van der Waals surface area contributed by atoms with Gasteiger partial charge in [0.1, 0.15) is 5.75 Å². The van der Waals surface area contributed by atoms with Crippen LogP contribution in [0.25, 0.3) is 0 Å². The summed E-state index contributed by atoms with van der Waals surface area (Å²) in [6.07, 6.45) is 0. The fourth-order valence-electron chi connectivity index (χ4n) is 2.45. The van der Waals surface area contributed by atoms with E-state index in [0.29, 0.717) is 30.1 Å². The van der Waals surface area contributed by atoms with E-state index in [-0.39, 0.29) is 18.1 Å². The van der Waals surface area contributed by atoms with Gasteiger partial charge >= 0.3 is 0 Å². The molecule has 132 valence electrons. The number of benzene rings is 2. The van der Waals surface area contributed by atoms with Crippen molar-refractivity contribution in [2.75, 3.05) is 25.5 Å². The summed E-state index contributed by atoms with van der Waals surface area (Å²) in [6.45, 7) is 2.98. The van der Waals surface area contributed by atoms with Crippen molar-refractivity contribution in [2.24, 2.45) is 0 Å². The molecule has 25 heavy (non-hydrogen) atoms. The molecule has 0 saturated heterocycles. The van der Waals surface area contributed by atoms with E-state index in [1.54, 1.807) is 49.6 Å². The highest BCUT2D eigenvalue weighted by Gasteiger charge is 2.17. The largest absolute Gasteiger partial charge is 0.497 e. The maximum atomic E-state index is 12.3. The Morgan fingerprint density at radius 3 is 2.68 bits per heavy atom. The average molecular weight is 343 g/mol. The first kappa shape index (κ1) is 18.4. The number of para-hydroxylation sites is 1.